The summed E-state index contributed by atoms with van der Waals surface area (Å²) in [4.78, 5) is 25.9. The lowest BCUT2D eigenvalue weighted by Gasteiger charge is -2.37. The number of aromatic nitrogens is 1. The fraction of sp³-hybridized carbons (Fsp3) is 0.375. The molecule has 5 heteroatoms. The molecule has 1 aromatic carbocycles. The van der Waals surface area contributed by atoms with E-state index < -0.39 is 0 Å². The summed E-state index contributed by atoms with van der Waals surface area (Å²) in [5, 5.41) is 5.50. The molecule has 5 nitrogen and oxygen atoms in total. The summed E-state index contributed by atoms with van der Waals surface area (Å²) in [6.07, 6.45) is 7.91. The van der Waals surface area contributed by atoms with Crippen LogP contribution in [-0.4, -0.2) is 27.6 Å². The van der Waals surface area contributed by atoms with Gasteiger partial charge in [0, 0.05) is 22.6 Å². The lowest BCUT2D eigenvalue weighted by molar-refractivity contribution is -0.140. The third-order valence-corrected chi connectivity index (χ3v) is 6.78. The highest BCUT2D eigenvalue weighted by atomic mass is 16.2. The van der Waals surface area contributed by atoms with Crippen molar-refractivity contribution in [2.24, 2.45) is 28.8 Å². The van der Waals surface area contributed by atoms with Crippen molar-refractivity contribution in [2.45, 2.75) is 33.6 Å². The van der Waals surface area contributed by atoms with Crippen LogP contribution in [0, 0.1) is 44.4 Å². The molecule has 2 aromatic rings. The van der Waals surface area contributed by atoms with Crippen LogP contribution in [0.1, 0.15) is 35.4 Å². The van der Waals surface area contributed by atoms with E-state index in [4.69, 9.17) is 0 Å². The minimum absolute atomic E-state index is 0.136. The maximum atomic E-state index is 12.9. The number of hydrogen-bond donors (Lipinski definition) is 0. The van der Waals surface area contributed by atoms with Gasteiger partial charge in [-0.05, 0) is 69.2 Å². The number of rotatable bonds is 3. The van der Waals surface area contributed by atoms with E-state index >= 15 is 0 Å². The normalized spacial score (nSPS) is 28.0. The van der Waals surface area contributed by atoms with Gasteiger partial charge in [0.25, 0.3) is 11.8 Å². The quantitative estimate of drug-likeness (QED) is 0.455. The predicted octanol–water partition coefficient (Wildman–Crippen LogP) is 3.93. The van der Waals surface area contributed by atoms with Crippen LogP contribution in [0.25, 0.3) is 5.69 Å². The zero-order valence-corrected chi connectivity index (χ0v) is 17.0. The molecule has 0 spiro atoms. The molecular formula is C24H25N3O2. The monoisotopic (exact) mass is 387 g/mol. The summed E-state index contributed by atoms with van der Waals surface area (Å²) >= 11 is 0. The summed E-state index contributed by atoms with van der Waals surface area (Å²) < 4.78 is 2.17. The van der Waals surface area contributed by atoms with Crippen molar-refractivity contribution in [2.75, 3.05) is 0 Å². The van der Waals surface area contributed by atoms with Crippen molar-refractivity contribution >= 4 is 18.0 Å². The van der Waals surface area contributed by atoms with E-state index in [1.807, 2.05) is 19.1 Å². The number of imide groups is 1. The molecule has 148 valence electrons. The highest BCUT2D eigenvalue weighted by molar-refractivity contribution is 6.06. The van der Waals surface area contributed by atoms with Gasteiger partial charge < -0.3 is 4.57 Å². The molecule has 1 saturated heterocycles. The average Bonchev–Trinajstić information content (AvgIpc) is 3.15. The number of benzene rings is 1. The van der Waals surface area contributed by atoms with Gasteiger partial charge in [-0.25, -0.2) is 0 Å². The first-order valence-electron chi connectivity index (χ1n) is 10.3. The van der Waals surface area contributed by atoms with Crippen LogP contribution >= 0.6 is 0 Å². The SMILES string of the molecule is Cc1cccc(-n2c(C)cc(/C=N\N3C(=O)[C@H]4[C@H](C3=O)[C@H]3C=C[C@H]4CC3)c2C)c1. The highest BCUT2D eigenvalue weighted by Crippen LogP contribution is 2.49. The van der Waals surface area contributed by atoms with Gasteiger partial charge in [0.05, 0.1) is 18.1 Å². The second-order valence-electron chi connectivity index (χ2n) is 8.58. The molecule has 0 radical (unpaired) electrons. The Morgan fingerprint density at radius 1 is 0.966 bits per heavy atom. The topological polar surface area (TPSA) is 54.7 Å². The van der Waals surface area contributed by atoms with E-state index in [-0.39, 0.29) is 35.5 Å². The van der Waals surface area contributed by atoms with Gasteiger partial charge in [0.1, 0.15) is 0 Å². The van der Waals surface area contributed by atoms with E-state index in [0.29, 0.717) is 0 Å². The lowest BCUT2D eigenvalue weighted by atomic mass is 9.63. The molecule has 1 saturated carbocycles. The number of nitrogens with zero attached hydrogens (tertiary/aromatic N) is 3. The molecule has 2 bridgehead atoms. The van der Waals surface area contributed by atoms with E-state index in [9.17, 15) is 9.59 Å². The molecular weight excluding hydrogens is 362 g/mol. The van der Waals surface area contributed by atoms with Crippen molar-refractivity contribution in [3.8, 4) is 5.69 Å². The third kappa shape index (κ3) is 2.71. The Morgan fingerprint density at radius 2 is 1.62 bits per heavy atom. The first kappa shape index (κ1) is 18.1. The lowest BCUT2D eigenvalue weighted by Crippen LogP contribution is -2.38. The molecule has 1 aliphatic heterocycles. The van der Waals surface area contributed by atoms with Crippen molar-refractivity contribution in [3.05, 3.63) is 65.0 Å². The standard InChI is InChI=1S/C24H25N3O2/c1-14-5-4-6-20(11-14)26-15(2)12-19(16(26)3)13-25-27-23(28)21-17-7-8-18(10-9-17)22(21)24(27)29/h4-8,11-13,17-18,21-22H,9-10H2,1-3H3/b25-13-/t17-,18-,21+,22+/m0/s1. The molecule has 6 rings (SSSR count). The number of allylic oxidation sites excluding steroid dienone is 2. The molecule has 1 aromatic heterocycles. The molecule has 29 heavy (non-hydrogen) atoms. The Labute approximate surface area is 170 Å². The molecule has 2 heterocycles. The minimum atomic E-state index is -0.219. The fourth-order valence-corrected chi connectivity index (χ4v) is 5.37. The van der Waals surface area contributed by atoms with Gasteiger partial charge >= 0.3 is 0 Å². The van der Waals surface area contributed by atoms with Gasteiger partial charge in [0.2, 0.25) is 0 Å². The van der Waals surface area contributed by atoms with Crippen LogP contribution in [0.15, 0.2) is 47.6 Å². The Balaban J connectivity index is 1.45. The third-order valence-electron chi connectivity index (χ3n) is 6.78. The second kappa shape index (κ2) is 6.55. The molecule has 4 atom stereocenters. The van der Waals surface area contributed by atoms with Gasteiger partial charge in [0.15, 0.2) is 0 Å². The average molecular weight is 387 g/mol. The van der Waals surface area contributed by atoms with Crippen molar-refractivity contribution in [3.63, 3.8) is 0 Å². The number of amides is 2. The second-order valence-corrected chi connectivity index (χ2v) is 8.58. The van der Waals surface area contributed by atoms with Gasteiger partial charge in [-0.3, -0.25) is 9.59 Å². The highest BCUT2D eigenvalue weighted by Gasteiger charge is 2.56. The number of carbonyl (C=O) groups is 2. The fourth-order valence-electron chi connectivity index (χ4n) is 5.37. The Kier molecular flexibility index (Phi) is 4.09. The summed E-state index contributed by atoms with van der Waals surface area (Å²) in [6.45, 7) is 6.16. The van der Waals surface area contributed by atoms with Crippen LogP contribution in [-0.2, 0) is 9.59 Å². The Hall–Kier alpha value is -2.95. The molecule has 0 unspecified atom stereocenters. The van der Waals surface area contributed by atoms with Crippen LogP contribution in [0.4, 0.5) is 0 Å². The Morgan fingerprint density at radius 3 is 2.21 bits per heavy atom. The van der Waals surface area contributed by atoms with Gasteiger partial charge in [-0.2, -0.15) is 10.1 Å². The van der Waals surface area contributed by atoms with Crippen molar-refractivity contribution in [1.82, 2.24) is 9.58 Å². The predicted molar refractivity (Wildman–Crippen MR) is 112 cm³/mol. The number of aryl methyl sites for hydroxylation is 2. The largest absolute Gasteiger partial charge is 0.318 e. The first-order valence-corrected chi connectivity index (χ1v) is 10.3. The summed E-state index contributed by atoms with van der Waals surface area (Å²) in [6, 6.07) is 10.4. The maximum absolute atomic E-state index is 12.9. The molecule has 2 amide bonds. The van der Waals surface area contributed by atoms with E-state index in [1.165, 1.54) is 5.56 Å². The Bertz CT molecular complexity index is 1050. The maximum Gasteiger partial charge on any atom is 0.254 e. The van der Waals surface area contributed by atoms with E-state index in [2.05, 4.69) is 53.9 Å². The van der Waals surface area contributed by atoms with Crippen molar-refractivity contribution < 1.29 is 9.59 Å². The zero-order chi connectivity index (χ0) is 20.3. The summed E-state index contributed by atoms with van der Waals surface area (Å²) in [5.74, 6) is -0.335. The number of hydrazone groups is 1. The first-order chi connectivity index (χ1) is 14.0. The van der Waals surface area contributed by atoms with Crippen molar-refractivity contribution in [1.29, 1.82) is 0 Å². The van der Waals surface area contributed by atoms with E-state index in [0.717, 1.165) is 40.5 Å². The van der Waals surface area contributed by atoms with Crippen LogP contribution in [0.5, 0.6) is 0 Å². The molecule has 4 aliphatic rings. The number of fused-ring (bicyclic) bond motifs is 1. The minimum Gasteiger partial charge on any atom is -0.318 e. The number of hydrogen-bond acceptors (Lipinski definition) is 3. The smallest absolute Gasteiger partial charge is 0.254 e. The van der Waals surface area contributed by atoms with Gasteiger partial charge in [-0.1, -0.05) is 24.3 Å². The van der Waals surface area contributed by atoms with Gasteiger partial charge in [-0.15, -0.1) is 0 Å². The molecule has 0 N–H and O–H groups in total. The van der Waals surface area contributed by atoms with E-state index in [1.54, 1.807) is 6.21 Å². The molecule has 3 aliphatic carbocycles. The number of carbonyl (C=O) groups excluding carboxylic acids is 2. The van der Waals surface area contributed by atoms with Crippen LogP contribution in [0.3, 0.4) is 0 Å². The summed E-state index contributed by atoms with van der Waals surface area (Å²) in [7, 11) is 0. The van der Waals surface area contributed by atoms with Crippen LogP contribution in [0.2, 0.25) is 0 Å². The molecule has 2 fully saturated rings. The van der Waals surface area contributed by atoms with Crippen LogP contribution < -0.4 is 0 Å². The zero-order valence-electron chi connectivity index (χ0n) is 17.0. The summed E-state index contributed by atoms with van der Waals surface area (Å²) in [5.41, 5.74) is 5.34.